The fourth-order valence-corrected chi connectivity index (χ4v) is 1.50. The number of phenolic OH excluding ortho intramolecular Hbond substituents is 1. The number of hydrogen-bond acceptors (Lipinski definition) is 3. The average Bonchev–Trinajstić information content (AvgIpc) is 2.85. The monoisotopic (exact) mass is 194 g/mol. The molecule has 3 nitrogen and oxygen atoms in total. The lowest BCUT2D eigenvalue weighted by Gasteiger charge is -2.11. The van der Waals surface area contributed by atoms with Gasteiger partial charge in [0.2, 0.25) is 0 Å². The van der Waals surface area contributed by atoms with Crippen molar-refractivity contribution in [1.82, 2.24) is 0 Å². The highest BCUT2D eigenvalue weighted by atomic mass is 16.6. The van der Waals surface area contributed by atoms with E-state index in [1.807, 2.05) is 13.8 Å². The Bertz CT molecular complexity index is 319. The van der Waals surface area contributed by atoms with Crippen molar-refractivity contribution in [2.24, 2.45) is 0 Å². The van der Waals surface area contributed by atoms with Crippen LogP contribution in [0.3, 0.4) is 0 Å². The van der Waals surface area contributed by atoms with Crippen LogP contribution < -0.4 is 4.74 Å². The third-order valence-corrected chi connectivity index (χ3v) is 2.26. The summed E-state index contributed by atoms with van der Waals surface area (Å²) in [6.45, 7) is 5.26. The number of benzene rings is 1. The molecule has 0 radical (unpaired) electrons. The number of hydrogen-bond donors (Lipinski definition) is 1. The molecule has 1 aliphatic heterocycles. The molecule has 1 atom stereocenters. The van der Waals surface area contributed by atoms with Gasteiger partial charge in [-0.25, -0.2) is 0 Å². The summed E-state index contributed by atoms with van der Waals surface area (Å²) >= 11 is 0. The van der Waals surface area contributed by atoms with Crippen molar-refractivity contribution in [3.63, 3.8) is 0 Å². The number of ether oxygens (including phenoxy) is 2. The molecule has 14 heavy (non-hydrogen) atoms. The van der Waals surface area contributed by atoms with Crippen LogP contribution in [-0.4, -0.2) is 24.4 Å². The van der Waals surface area contributed by atoms with Crippen molar-refractivity contribution >= 4 is 0 Å². The summed E-state index contributed by atoms with van der Waals surface area (Å²) in [4.78, 5) is 0. The first kappa shape index (κ1) is 9.34. The van der Waals surface area contributed by atoms with Gasteiger partial charge in [-0.15, -0.1) is 0 Å². The van der Waals surface area contributed by atoms with Gasteiger partial charge in [0.05, 0.1) is 6.61 Å². The Morgan fingerprint density at radius 2 is 2.00 bits per heavy atom. The smallest absolute Gasteiger partial charge is 0.125 e. The molecule has 1 fully saturated rings. The quantitative estimate of drug-likeness (QED) is 0.746. The summed E-state index contributed by atoms with van der Waals surface area (Å²) in [7, 11) is 0. The molecule has 1 saturated heterocycles. The Morgan fingerprint density at radius 1 is 1.43 bits per heavy atom. The van der Waals surface area contributed by atoms with E-state index in [0.29, 0.717) is 6.61 Å². The van der Waals surface area contributed by atoms with Gasteiger partial charge in [-0.05, 0) is 37.1 Å². The van der Waals surface area contributed by atoms with Crippen molar-refractivity contribution in [2.75, 3.05) is 13.2 Å². The molecule has 0 amide bonds. The van der Waals surface area contributed by atoms with Gasteiger partial charge in [-0.2, -0.15) is 0 Å². The maximum absolute atomic E-state index is 9.33. The van der Waals surface area contributed by atoms with Crippen molar-refractivity contribution in [2.45, 2.75) is 20.0 Å². The summed E-state index contributed by atoms with van der Waals surface area (Å²) < 4.78 is 10.7. The van der Waals surface area contributed by atoms with E-state index in [0.717, 1.165) is 23.5 Å². The predicted molar refractivity (Wildman–Crippen MR) is 52.8 cm³/mol. The lowest BCUT2D eigenvalue weighted by molar-refractivity contribution is 0.260. The van der Waals surface area contributed by atoms with Crippen molar-refractivity contribution in [1.29, 1.82) is 0 Å². The van der Waals surface area contributed by atoms with Crippen LogP contribution in [0, 0.1) is 13.8 Å². The number of aromatic hydroxyl groups is 1. The summed E-state index contributed by atoms with van der Waals surface area (Å²) in [6.07, 6.45) is 0.266. The van der Waals surface area contributed by atoms with Crippen LogP contribution in [-0.2, 0) is 4.74 Å². The van der Waals surface area contributed by atoms with E-state index in [9.17, 15) is 5.11 Å². The Kier molecular flexibility index (Phi) is 2.33. The Balaban J connectivity index is 2.13. The fraction of sp³-hybridized carbons (Fsp3) is 0.455. The maximum atomic E-state index is 9.33. The molecule has 1 aromatic rings. The number of rotatable bonds is 3. The lowest BCUT2D eigenvalue weighted by Crippen LogP contribution is -2.06. The zero-order valence-electron chi connectivity index (χ0n) is 8.41. The minimum atomic E-state index is 0.266. The summed E-state index contributed by atoms with van der Waals surface area (Å²) in [5.74, 6) is 1.15. The van der Waals surface area contributed by atoms with Crippen molar-refractivity contribution in [3.05, 3.63) is 23.3 Å². The molecule has 3 heteroatoms. The third-order valence-electron chi connectivity index (χ3n) is 2.26. The molecular formula is C11H14O3. The van der Waals surface area contributed by atoms with E-state index in [1.165, 1.54) is 0 Å². The number of aryl methyl sites for hydroxylation is 2. The first-order valence-electron chi connectivity index (χ1n) is 4.71. The van der Waals surface area contributed by atoms with Gasteiger partial charge < -0.3 is 14.6 Å². The van der Waals surface area contributed by atoms with Crippen LogP contribution in [0.4, 0.5) is 0 Å². The van der Waals surface area contributed by atoms with Gasteiger partial charge in [0.1, 0.15) is 24.2 Å². The van der Waals surface area contributed by atoms with Gasteiger partial charge in [-0.1, -0.05) is 0 Å². The normalized spacial score (nSPS) is 19.4. The van der Waals surface area contributed by atoms with Gasteiger partial charge >= 0.3 is 0 Å². The highest BCUT2D eigenvalue weighted by Crippen LogP contribution is 2.28. The van der Waals surface area contributed by atoms with Crippen LogP contribution in [0.5, 0.6) is 11.5 Å². The lowest BCUT2D eigenvalue weighted by atomic mass is 10.1. The van der Waals surface area contributed by atoms with E-state index in [1.54, 1.807) is 12.1 Å². The number of epoxide rings is 1. The molecule has 76 valence electrons. The Hall–Kier alpha value is -1.22. The van der Waals surface area contributed by atoms with Crippen LogP contribution >= 0.6 is 0 Å². The topological polar surface area (TPSA) is 42.0 Å². The largest absolute Gasteiger partial charge is 0.508 e. The zero-order chi connectivity index (χ0) is 10.1. The summed E-state index contributed by atoms with van der Waals surface area (Å²) in [5, 5.41) is 9.33. The molecule has 0 aliphatic carbocycles. The zero-order valence-corrected chi connectivity index (χ0v) is 8.41. The Morgan fingerprint density at radius 3 is 2.50 bits per heavy atom. The minimum absolute atomic E-state index is 0.266. The van der Waals surface area contributed by atoms with Gasteiger partial charge in [0.25, 0.3) is 0 Å². The SMILES string of the molecule is Cc1cc(O)cc(C)c1OCC1CO1. The maximum Gasteiger partial charge on any atom is 0.125 e. The molecule has 2 rings (SSSR count). The van der Waals surface area contributed by atoms with E-state index < -0.39 is 0 Å². The standard InChI is InChI=1S/C11H14O3/c1-7-3-9(12)4-8(2)11(7)14-6-10-5-13-10/h3-4,10,12H,5-6H2,1-2H3. The molecule has 1 N–H and O–H groups in total. The molecule has 0 aromatic heterocycles. The molecule has 1 heterocycles. The predicted octanol–water partition coefficient (Wildman–Crippen LogP) is 1.79. The number of phenols is 1. The second-order valence-corrected chi connectivity index (χ2v) is 3.68. The fourth-order valence-electron chi connectivity index (χ4n) is 1.50. The van der Waals surface area contributed by atoms with Crippen LogP contribution in [0.25, 0.3) is 0 Å². The van der Waals surface area contributed by atoms with E-state index in [-0.39, 0.29) is 11.9 Å². The van der Waals surface area contributed by atoms with Gasteiger partial charge in [-0.3, -0.25) is 0 Å². The molecule has 0 bridgehead atoms. The average molecular weight is 194 g/mol. The van der Waals surface area contributed by atoms with Crippen molar-refractivity contribution < 1.29 is 14.6 Å². The first-order valence-corrected chi connectivity index (χ1v) is 4.71. The second-order valence-electron chi connectivity index (χ2n) is 3.68. The molecule has 1 aromatic carbocycles. The molecule has 1 unspecified atom stereocenters. The van der Waals surface area contributed by atoms with E-state index >= 15 is 0 Å². The van der Waals surface area contributed by atoms with E-state index in [4.69, 9.17) is 9.47 Å². The molecule has 0 spiro atoms. The summed E-state index contributed by atoms with van der Waals surface area (Å²) in [5.41, 5.74) is 1.92. The minimum Gasteiger partial charge on any atom is -0.508 e. The first-order chi connectivity index (χ1) is 6.66. The van der Waals surface area contributed by atoms with Gasteiger partial charge in [0, 0.05) is 0 Å². The van der Waals surface area contributed by atoms with Crippen LogP contribution in [0.1, 0.15) is 11.1 Å². The highest BCUT2D eigenvalue weighted by molar-refractivity contribution is 5.45. The molecule has 0 saturated carbocycles. The van der Waals surface area contributed by atoms with Crippen LogP contribution in [0.15, 0.2) is 12.1 Å². The molecular weight excluding hydrogens is 180 g/mol. The van der Waals surface area contributed by atoms with Crippen molar-refractivity contribution in [3.8, 4) is 11.5 Å². The van der Waals surface area contributed by atoms with E-state index in [2.05, 4.69) is 0 Å². The second kappa shape index (κ2) is 3.50. The highest BCUT2D eigenvalue weighted by Gasteiger charge is 2.23. The summed E-state index contributed by atoms with van der Waals surface area (Å²) in [6, 6.07) is 3.41. The van der Waals surface area contributed by atoms with Crippen LogP contribution in [0.2, 0.25) is 0 Å². The third kappa shape index (κ3) is 1.99. The van der Waals surface area contributed by atoms with Gasteiger partial charge in [0.15, 0.2) is 0 Å². The molecule has 1 aliphatic rings. The Labute approximate surface area is 83.3 Å².